The summed E-state index contributed by atoms with van der Waals surface area (Å²) in [6.45, 7) is 6.01. The van der Waals surface area contributed by atoms with Crippen molar-refractivity contribution < 1.29 is 9.18 Å². The van der Waals surface area contributed by atoms with Crippen LogP contribution in [0.1, 0.15) is 26.5 Å². The van der Waals surface area contributed by atoms with E-state index in [0.717, 1.165) is 21.6 Å². The highest BCUT2D eigenvalue weighted by Crippen LogP contribution is 2.23. The van der Waals surface area contributed by atoms with Crippen LogP contribution < -0.4 is 11.1 Å². The molecule has 2 heterocycles. The van der Waals surface area contributed by atoms with Crippen molar-refractivity contribution in [1.82, 2.24) is 19.3 Å². The molecule has 0 saturated heterocycles. The van der Waals surface area contributed by atoms with Crippen molar-refractivity contribution in [3.8, 4) is 5.69 Å². The molecule has 0 aliphatic rings. The van der Waals surface area contributed by atoms with Crippen LogP contribution in [0.4, 0.5) is 20.7 Å². The van der Waals surface area contributed by atoms with Gasteiger partial charge in [-0.2, -0.15) is 9.78 Å². The third-order valence-corrected chi connectivity index (χ3v) is 4.60. The zero-order valence-electron chi connectivity index (χ0n) is 16.3. The molecule has 4 aromatic rings. The van der Waals surface area contributed by atoms with Crippen LogP contribution in [0.2, 0.25) is 0 Å². The minimum Gasteiger partial charge on any atom is -0.383 e. The monoisotopic (exact) mass is 392 g/mol. The third kappa shape index (κ3) is 3.56. The van der Waals surface area contributed by atoms with Gasteiger partial charge in [-0.05, 0) is 36.4 Å². The molecule has 1 amide bonds. The Labute approximate surface area is 167 Å². The van der Waals surface area contributed by atoms with Gasteiger partial charge in [0.2, 0.25) is 0 Å². The highest BCUT2D eigenvalue weighted by Gasteiger charge is 2.21. The first-order valence-electron chi connectivity index (χ1n) is 9.13. The van der Waals surface area contributed by atoms with Crippen LogP contribution in [0.3, 0.4) is 0 Å². The first-order chi connectivity index (χ1) is 13.7. The Balaban J connectivity index is 1.55. The molecule has 0 aliphatic heterocycles. The van der Waals surface area contributed by atoms with E-state index >= 15 is 0 Å². The van der Waals surface area contributed by atoms with Crippen molar-refractivity contribution in [2.45, 2.75) is 26.2 Å². The fourth-order valence-corrected chi connectivity index (χ4v) is 3.00. The number of halogens is 1. The van der Waals surface area contributed by atoms with E-state index in [1.165, 1.54) is 12.1 Å². The average Bonchev–Trinajstić information content (AvgIpc) is 3.25. The number of nitrogen functional groups attached to an aromatic ring is 1. The molecule has 3 N–H and O–H groups in total. The minimum atomic E-state index is -0.436. The van der Waals surface area contributed by atoms with Crippen molar-refractivity contribution in [1.29, 1.82) is 0 Å². The fourth-order valence-electron chi connectivity index (χ4n) is 3.00. The van der Waals surface area contributed by atoms with E-state index in [2.05, 4.69) is 15.4 Å². The van der Waals surface area contributed by atoms with E-state index < -0.39 is 6.03 Å². The summed E-state index contributed by atoms with van der Waals surface area (Å²) in [5.41, 5.74) is 9.28. The van der Waals surface area contributed by atoms with Gasteiger partial charge >= 0.3 is 6.03 Å². The van der Waals surface area contributed by atoms with Gasteiger partial charge < -0.3 is 11.1 Å². The maximum Gasteiger partial charge on any atom is 0.348 e. The number of fused-ring (bicyclic) bond motifs is 1. The molecule has 4 rings (SSSR count). The van der Waals surface area contributed by atoms with Gasteiger partial charge in [0, 0.05) is 28.9 Å². The number of anilines is 2. The lowest BCUT2D eigenvalue weighted by Gasteiger charge is -2.14. The summed E-state index contributed by atoms with van der Waals surface area (Å²) >= 11 is 0. The van der Waals surface area contributed by atoms with E-state index in [0.29, 0.717) is 11.2 Å². The van der Waals surface area contributed by atoms with Crippen LogP contribution in [0.15, 0.2) is 54.9 Å². The SMILES string of the molecule is CC(C)(C)c1cc(N)n(C(=O)Nc2ccc(-n3cnc4cc(F)ccc43)cc2)n1. The lowest BCUT2D eigenvalue weighted by atomic mass is 9.92. The van der Waals surface area contributed by atoms with Crippen LogP contribution in [0.5, 0.6) is 0 Å². The Kier molecular flexibility index (Phi) is 4.34. The molecular weight excluding hydrogens is 371 g/mol. The number of nitrogens with zero attached hydrogens (tertiary/aromatic N) is 4. The fraction of sp³-hybridized carbons (Fsp3) is 0.190. The van der Waals surface area contributed by atoms with Gasteiger partial charge in [0.25, 0.3) is 0 Å². The Morgan fingerprint density at radius 3 is 2.48 bits per heavy atom. The number of nitrogens with one attached hydrogen (secondary N) is 1. The second kappa shape index (κ2) is 6.73. The van der Waals surface area contributed by atoms with Crippen LogP contribution in [-0.4, -0.2) is 25.4 Å². The molecule has 0 aliphatic carbocycles. The van der Waals surface area contributed by atoms with E-state index in [9.17, 15) is 9.18 Å². The summed E-state index contributed by atoms with van der Waals surface area (Å²) in [5.74, 6) is -0.0468. The van der Waals surface area contributed by atoms with E-state index in [4.69, 9.17) is 5.73 Å². The van der Waals surface area contributed by atoms with Gasteiger partial charge in [-0.15, -0.1) is 0 Å². The number of carbonyl (C=O) groups excluding carboxylic acids is 1. The van der Waals surface area contributed by atoms with E-state index in [1.807, 2.05) is 37.5 Å². The van der Waals surface area contributed by atoms with E-state index in [-0.39, 0.29) is 17.1 Å². The van der Waals surface area contributed by atoms with E-state index in [1.54, 1.807) is 30.6 Å². The van der Waals surface area contributed by atoms with Crippen LogP contribution >= 0.6 is 0 Å². The summed E-state index contributed by atoms with van der Waals surface area (Å²) in [7, 11) is 0. The Hall–Kier alpha value is -3.68. The number of aromatic nitrogens is 4. The lowest BCUT2D eigenvalue weighted by molar-refractivity contribution is 0.251. The lowest BCUT2D eigenvalue weighted by Crippen LogP contribution is -2.23. The number of hydrogen-bond acceptors (Lipinski definition) is 4. The summed E-state index contributed by atoms with van der Waals surface area (Å²) in [6, 6.07) is 13.0. The molecule has 0 fully saturated rings. The van der Waals surface area contributed by atoms with Gasteiger partial charge in [-0.3, -0.25) is 4.57 Å². The molecule has 0 bridgehead atoms. The molecule has 2 aromatic carbocycles. The third-order valence-electron chi connectivity index (χ3n) is 4.60. The second-order valence-corrected chi connectivity index (χ2v) is 7.84. The van der Waals surface area contributed by atoms with Crippen molar-refractivity contribution in [3.05, 3.63) is 66.4 Å². The molecule has 29 heavy (non-hydrogen) atoms. The quantitative estimate of drug-likeness (QED) is 0.531. The second-order valence-electron chi connectivity index (χ2n) is 7.84. The molecule has 0 unspecified atom stereocenters. The minimum absolute atomic E-state index is 0.211. The Bertz CT molecular complexity index is 1200. The number of hydrogen-bond donors (Lipinski definition) is 2. The highest BCUT2D eigenvalue weighted by atomic mass is 19.1. The Morgan fingerprint density at radius 2 is 1.83 bits per heavy atom. The van der Waals surface area contributed by atoms with Gasteiger partial charge in [-0.25, -0.2) is 14.2 Å². The first kappa shape index (κ1) is 18.7. The molecule has 0 saturated carbocycles. The van der Waals surface area contributed by atoms with Gasteiger partial charge in [-0.1, -0.05) is 20.8 Å². The van der Waals surface area contributed by atoms with Crippen molar-refractivity contribution in [3.63, 3.8) is 0 Å². The smallest absolute Gasteiger partial charge is 0.348 e. The normalized spacial score (nSPS) is 11.7. The molecule has 148 valence electrons. The maximum absolute atomic E-state index is 13.4. The van der Waals surface area contributed by atoms with Crippen LogP contribution in [-0.2, 0) is 5.41 Å². The van der Waals surface area contributed by atoms with Gasteiger partial charge in [0.1, 0.15) is 18.0 Å². The zero-order valence-corrected chi connectivity index (χ0v) is 16.3. The number of rotatable bonds is 2. The zero-order chi connectivity index (χ0) is 20.8. The van der Waals surface area contributed by atoms with Gasteiger partial charge in [0.05, 0.1) is 16.7 Å². The first-order valence-corrected chi connectivity index (χ1v) is 9.13. The van der Waals surface area contributed by atoms with Crippen molar-refractivity contribution in [2.75, 3.05) is 11.1 Å². The molecule has 8 heteroatoms. The van der Waals surface area contributed by atoms with Crippen LogP contribution in [0, 0.1) is 5.82 Å². The summed E-state index contributed by atoms with van der Waals surface area (Å²) < 4.78 is 16.4. The topological polar surface area (TPSA) is 90.8 Å². The average molecular weight is 392 g/mol. The summed E-state index contributed by atoms with van der Waals surface area (Å²) in [4.78, 5) is 16.8. The summed E-state index contributed by atoms with van der Waals surface area (Å²) in [5, 5.41) is 7.10. The van der Waals surface area contributed by atoms with Crippen molar-refractivity contribution >= 4 is 28.6 Å². The predicted octanol–water partition coefficient (Wildman–Crippen LogP) is 4.32. The maximum atomic E-state index is 13.4. The van der Waals surface area contributed by atoms with Gasteiger partial charge in [0.15, 0.2) is 0 Å². The summed E-state index contributed by atoms with van der Waals surface area (Å²) in [6.07, 6.45) is 1.64. The molecule has 7 nitrogen and oxygen atoms in total. The van der Waals surface area contributed by atoms with Crippen molar-refractivity contribution in [2.24, 2.45) is 0 Å². The Morgan fingerprint density at radius 1 is 1.10 bits per heavy atom. The number of carbonyl (C=O) groups is 1. The molecule has 0 radical (unpaired) electrons. The molecule has 0 spiro atoms. The number of imidazole rings is 1. The number of nitrogens with two attached hydrogens (primary N) is 1. The van der Waals surface area contributed by atoms with Crippen LogP contribution in [0.25, 0.3) is 16.7 Å². The highest BCUT2D eigenvalue weighted by molar-refractivity contribution is 5.92. The predicted molar refractivity (Wildman–Crippen MR) is 111 cm³/mol. The molecular formula is C21H21FN6O. The standard InChI is InChI=1S/C21H21FN6O/c1-21(2,3)18-11-19(23)28(26-18)20(29)25-14-5-7-15(8-6-14)27-12-24-16-10-13(22)4-9-17(16)27/h4-12H,23H2,1-3H3,(H,25,29). The molecule has 0 atom stereocenters. The number of amides is 1. The number of benzene rings is 2. The largest absolute Gasteiger partial charge is 0.383 e. The molecule has 2 aromatic heterocycles.